The second kappa shape index (κ2) is 3.93. The Morgan fingerprint density at radius 3 is 2.63 bits per heavy atom. The number of furan rings is 1. The molecule has 0 aliphatic heterocycles. The monoisotopic (exact) mass is 265 g/mol. The second-order valence-electron chi connectivity index (χ2n) is 4.54. The average Bonchev–Trinajstić information content (AvgIpc) is 3.00. The number of nitrogens with zero attached hydrogens (tertiary/aromatic N) is 1. The summed E-state index contributed by atoms with van der Waals surface area (Å²) in [5.41, 5.74) is 3.12. The van der Waals surface area contributed by atoms with Crippen LogP contribution in [-0.2, 0) is 0 Å². The molecule has 0 fully saturated rings. The van der Waals surface area contributed by atoms with E-state index in [1.807, 2.05) is 36.4 Å². The molecule has 92 valence electrons. The molecule has 4 aromatic rings. The smallest absolute Gasteiger partial charge is 0.166 e. The first-order chi connectivity index (χ1) is 9.33. The van der Waals surface area contributed by atoms with Crippen LogP contribution < -0.4 is 0 Å². The van der Waals surface area contributed by atoms with E-state index in [1.54, 1.807) is 11.3 Å². The summed E-state index contributed by atoms with van der Waals surface area (Å²) in [7, 11) is 0. The maximum Gasteiger partial charge on any atom is 0.166 e. The fraction of sp³-hybridized carbons (Fsp3) is 0.0625. The predicted molar refractivity (Wildman–Crippen MR) is 79.6 cm³/mol. The Labute approximate surface area is 114 Å². The van der Waals surface area contributed by atoms with Gasteiger partial charge in [-0.2, -0.15) is 0 Å². The van der Waals surface area contributed by atoms with Crippen LogP contribution in [0.15, 0.2) is 52.9 Å². The van der Waals surface area contributed by atoms with Crippen LogP contribution in [0.25, 0.3) is 32.0 Å². The molecule has 2 aromatic heterocycles. The molecule has 2 nitrogen and oxygen atoms in total. The van der Waals surface area contributed by atoms with Crippen molar-refractivity contribution in [2.75, 3.05) is 0 Å². The highest BCUT2D eigenvalue weighted by Gasteiger charge is 2.15. The number of aromatic nitrogens is 1. The molecule has 19 heavy (non-hydrogen) atoms. The normalized spacial score (nSPS) is 11.4. The van der Waals surface area contributed by atoms with E-state index in [0.29, 0.717) is 0 Å². The van der Waals surface area contributed by atoms with Crippen molar-refractivity contribution in [1.29, 1.82) is 0 Å². The summed E-state index contributed by atoms with van der Waals surface area (Å²) < 4.78 is 7.15. The molecule has 0 saturated carbocycles. The van der Waals surface area contributed by atoms with Crippen LogP contribution in [0.2, 0.25) is 0 Å². The van der Waals surface area contributed by atoms with Crippen LogP contribution >= 0.6 is 11.3 Å². The van der Waals surface area contributed by atoms with Gasteiger partial charge in [0, 0.05) is 10.9 Å². The Morgan fingerprint density at radius 2 is 1.79 bits per heavy atom. The van der Waals surface area contributed by atoms with Gasteiger partial charge in [-0.25, -0.2) is 4.98 Å². The molecule has 0 radical (unpaired) electrons. The maximum absolute atomic E-state index is 5.96. The average molecular weight is 265 g/mol. The minimum absolute atomic E-state index is 0.891. The Hall–Kier alpha value is -2.13. The summed E-state index contributed by atoms with van der Waals surface area (Å²) >= 11 is 1.67. The minimum atomic E-state index is 0.891. The standard InChI is InChI=1S/C16H11NOS/c1-10-11-6-2-4-8-13(11)18-15(10)16-17-12-7-3-5-9-14(12)19-16/h2-9H,1H3. The molecule has 0 aliphatic rings. The summed E-state index contributed by atoms with van der Waals surface area (Å²) in [6, 6.07) is 16.3. The van der Waals surface area contributed by atoms with Gasteiger partial charge in [0.2, 0.25) is 0 Å². The number of fused-ring (bicyclic) bond motifs is 2. The lowest BCUT2D eigenvalue weighted by Crippen LogP contribution is -1.75. The molecule has 2 aromatic carbocycles. The third-order valence-corrected chi connectivity index (χ3v) is 4.37. The van der Waals surface area contributed by atoms with E-state index < -0.39 is 0 Å². The van der Waals surface area contributed by atoms with Gasteiger partial charge < -0.3 is 4.42 Å². The summed E-state index contributed by atoms with van der Waals surface area (Å²) in [5.74, 6) is 0.891. The number of hydrogen-bond acceptors (Lipinski definition) is 3. The first-order valence-corrected chi connectivity index (χ1v) is 6.98. The van der Waals surface area contributed by atoms with Crippen molar-refractivity contribution in [3.63, 3.8) is 0 Å². The van der Waals surface area contributed by atoms with E-state index in [4.69, 9.17) is 4.42 Å². The van der Waals surface area contributed by atoms with E-state index in [0.717, 1.165) is 32.8 Å². The summed E-state index contributed by atoms with van der Waals surface area (Å²) in [6.45, 7) is 2.09. The predicted octanol–water partition coefficient (Wildman–Crippen LogP) is 5.02. The summed E-state index contributed by atoms with van der Waals surface area (Å²) in [6.07, 6.45) is 0. The van der Waals surface area contributed by atoms with Crippen LogP contribution in [0.3, 0.4) is 0 Å². The molecule has 0 N–H and O–H groups in total. The largest absolute Gasteiger partial charge is 0.453 e. The fourth-order valence-corrected chi connectivity index (χ4v) is 3.35. The van der Waals surface area contributed by atoms with Crippen molar-refractivity contribution in [3.05, 3.63) is 54.1 Å². The van der Waals surface area contributed by atoms with Crippen molar-refractivity contribution in [2.24, 2.45) is 0 Å². The zero-order valence-corrected chi connectivity index (χ0v) is 11.2. The molecule has 4 rings (SSSR count). The van der Waals surface area contributed by atoms with Crippen molar-refractivity contribution >= 4 is 32.5 Å². The molecule has 2 heterocycles. The highest BCUT2D eigenvalue weighted by Crippen LogP contribution is 2.36. The number of benzene rings is 2. The van der Waals surface area contributed by atoms with E-state index in [-0.39, 0.29) is 0 Å². The first kappa shape index (κ1) is 10.8. The molecule has 0 aliphatic carbocycles. The summed E-state index contributed by atoms with van der Waals surface area (Å²) in [5, 5.41) is 2.12. The number of rotatable bonds is 1. The minimum Gasteiger partial charge on any atom is -0.453 e. The van der Waals surface area contributed by atoms with Crippen molar-refractivity contribution in [1.82, 2.24) is 4.98 Å². The van der Waals surface area contributed by atoms with Gasteiger partial charge in [-0.3, -0.25) is 0 Å². The quantitative estimate of drug-likeness (QED) is 0.483. The van der Waals surface area contributed by atoms with Gasteiger partial charge in [0.15, 0.2) is 10.8 Å². The topological polar surface area (TPSA) is 26.0 Å². The molecular weight excluding hydrogens is 254 g/mol. The van der Waals surface area contributed by atoms with Crippen LogP contribution in [0.4, 0.5) is 0 Å². The van der Waals surface area contributed by atoms with Gasteiger partial charge in [-0.15, -0.1) is 11.3 Å². The SMILES string of the molecule is Cc1c(-c2nc3ccccc3s2)oc2ccccc12. The highest BCUT2D eigenvalue weighted by molar-refractivity contribution is 7.21. The molecule has 0 amide bonds. The maximum atomic E-state index is 5.96. The van der Waals surface area contributed by atoms with Crippen molar-refractivity contribution < 1.29 is 4.42 Å². The molecular formula is C16H11NOS. The molecule has 0 saturated heterocycles. The third kappa shape index (κ3) is 1.59. The molecule has 3 heteroatoms. The molecule has 0 spiro atoms. The lowest BCUT2D eigenvalue weighted by atomic mass is 10.1. The van der Waals surface area contributed by atoms with Crippen LogP contribution in [0.1, 0.15) is 5.56 Å². The second-order valence-corrected chi connectivity index (χ2v) is 5.57. The van der Waals surface area contributed by atoms with Gasteiger partial charge >= 0.3 is 0 Å². The van der Waals surface area contributed by atoms with E-state index in [2.05, 4.69) is 24.0 Å². The Balaban J connectivity index is 2.01. The fourth-order valence-electron chi connectivity index (χ4n) is 2.35. The van der Waals surface area contributed by atoms with E-state index >= 15 is 0 Å². The van der Waals surface area contributed by atoms with E-state index in [9.17, 15) is 0 Å². The number of aryl methyl sites for hydroxylation is 1. The third-order valence-electron chi connectivity index (χ3n) is 3.33. The molecule has 0 unspecified atom stereocenters. The lowest BCUT2D eigenvalue weighted by Gasteiger charge is -1.90. The lowest BCUT2D eigenvalue weighted by molar-refractivity contribution is 0.628. The van der Waals surface area contributed by atoms with Crippen LogP contribution in [0, 0.1) is 6.92 Å². The Kier molecular flexibility index (Phi) is 2.23. The highest BCUT2D eigenvalue weighted by atomic mass is 32.1. The van der Waals surface area contributed by atoms with Gasteiger partial charge in [-0.1, -0.05) is 30.3 Å². The van der Waals surface area contributed by atoms with Crippen LogP contribution in [0.5, 0.6) is 0 Å². The van der Waals surface area contributed by atoms with E-state index in [1.165, 1.54) is 4.70 Å². The molecule has 0 atom stereocenters. The van der Waals surface area contributed by atoms with Gasteiger partial charge in [0.1, 0.15) is 5.58 Å². The van der Waals surface area contributed by atoms with Crippen molar-refractivity contribution in [2.45, 2.75) is 6.92 Å². The number of hydrogen-bond donors (Lipinski definition) is 0. The molecule has 0 bridgehead atoms. The van der Waals surface area contributed by atoms with Gasteiger partial charge in [-0.05, 0) is 25.1 Å². The Bertz CT molecular complexity index is 855. The van der Waals surface area contributed by atoms with Gasteiger partial charge in [0.25, 0.3) is 0 Å². The zero-order chi connectivity index (χ0) is 12.8. The number of thiazole rings is 1. The zero-order valence-electron chi connectivity index (χ0n) is 10.4. The first-order valence-electron chi connectivity index (χ1n) is 6.17. The number of para-hydroxylation sites is 2. The summed E-state index contributed by atoms with van der Waals surface area (Å²) in [4.78, 5) is 4.66. The Morgan fingerprint density at radius 1 is 1.00 bits per heavy atom. The van der Waals surface area contributed by atoms with Gasteiger partial charge in [0.05, 0.1) is 10.2 Å². The van der Waals surface area contributed by atoms with Crippen molar-refractivity contribution in [3.8, 4) is 10.8 Å². The van der Waals surface area contributed by atoms with Crippen LogP contribution in [-0.4, -0.2) is 4.98 Å².